The molecule has 2 N–H and O–H groups in total. The van der Waals surface area contributed by atoms with Gasteiger partial charge in [0.05, 0.1) is 12.8 Å². The van der Waals surface area contributed by atoms with Gasteiger partial charge in [-0.2, -0.15) is 0 Å². The lowest BCUT2D eigenvalue weighted by Gasteiger charge is -2.32. The fraction of sp³-hybridized carbons (Fsp3) is 0.556. The number of hydrogen-bond donors (Lipinski definition) is 1. The lowest BCUT2D eigenvalue weighted by molar-refractivity contribution is 0.263. The average molecular weight is 299 g/mol. The predicted octanol–water partition coefficient (Wildman–Crippen LogP) is 3.65. The highest BCUT2D eigenvalue weighted by Gasteiger charge is 2.43. The third-order valence-electron chi connectivity index (χ3n) is 4.94. The molecule has 118 valence electrons. The monoisotopic (exact) mass is 299 g/mol. The molecule has 22 heavy (non-hydrogen) atoms. The molecule has 1 aliphatic heterocycles. The molecule has 1 atom stereocenters. The molecule has 1 aromatic rings. The Hall–Kier alpha value is -1.84. The number of ether oxygens (including phenoxy) is 1. The van der Waals surface area contributed by atoms with E-state index >= 15 is 0 Å². The van der Waals surface area contributed by atoms with Crippen LogP contribution in [-0.4, -0.2) is 18.7 Å². The number of hydrogen-bond acceptors (Lipinski definition) is 4. The molecule has 0 bridgehead atoms. The summed E-state index contributed by atoms with van der Waals surface area (Å²) in [6.07, 6.45) is 7.48. The highest BCUT2D eigenvalue weighted by atomic mass is 16.5. The smallest absolute Gasteiger partial charge is 0.181 e. The summed E-state index contributed by atoms with van der Waals surface area (Å²) in [7, 11) is 1.68. The van der Waals surface area contributed by atoms with Crippen LogP contribution in [0.3, 0.4) is 0 Å². The molecule has 1 aromatic carbocycles. The third-order valence-corrected chi connectivity index (χ3v) is 4.94. The zero-order valence-corrected chi connectivity index (χ0v) is 13.5. The molecule has 0 amide bonds. The highest BCUT2D eigenvalue weighted by molar-refractivity contribution is 6.41. The van der Waals surface area contributed by atoms with Crippen LogP contribution in [-0.2, 0) is 5.66 Å². The van der Waals surface area contributed by atoms with E-state index in [1.54, 1.807) is 7.11 Å². The van der Waals surface area contributed by atoms with Gasteiger partial charge in [0.25, 0.3) is 0 Å². The van der Waals surface area contributed by atoms with Crippen LogP contribution >= 0.6 is 0 Å². The summed E-state index contributed by atoms with van der Waals surface area (Å²) in [6, 6.07) is 8.15. The van der Waals surface area contributed by atoms with Crippen molar-refractivity contribution in [2.75, 3.05) is 7.11 Å². The van der Waals surface area contributed by atoms with Gasteiger partial charge < -0.3 is 10.5 Å². The molecule has 4 heteroatoms. The Kier molecular flexibility index (Phi) is 4.19. The summed E-state index contributed by atoms with van der Waals surface area (Å²) in [4.78, 5) is 9.78. The van der Waals surface area contributed by atoms with E-state index in [0.717, 1.165) is 17.0 Å². The maximum Gasteiger partial charge on any atom is 0.181 e. The van der Waals surface area contributed by atoms with E-state index in [-0.39, 0.29) is 0 Å². The van der Waals surface area contributed by atoms with Crippen molar-refractivity contribution in [3.63, 3.8) is 0 Å². The van der Waals surface area contributed by atoms with E-state index < -0.39 is 5.66 Å². The van der Waals surface area contributed by atoms with Gasteiger partial charge in [-0.05, 0) is 31.9 Å². The molecule has 1 fully saturated rings. The highest BCUT2D eigenvalue weighted by Crippen LogP contribution is 2.45. The predicted molar refractivity (Wildman–Crippen MR) is 90.6 cm³/mol. The van der Waals surface area contributed by atoms with Crippen LogP contribution in [0.4, 0.5) is 0 Å². The van der Waals surface area contributed by atoms with Crippen LogP contribution in [0.2, 0.25) is 0 Å². The molecule has 1 aliphatic carbocycles. The van der Waals surface area contributed by atoms with Crippen LogP contribution < -0.4 is 10.5 Å². The van der Waals surface area contributed by atoms with Gasteiger partial charge in [-0.25, -0.2) is 4.99 Å². The topological polar surface area (TPSA) is 60.0 Å². The van der Waals surface area contributed by atoms with Crippen LogP contribution in [0, 0.1) is 5.92 Å². The second kappa shape index (κ2) is 6.11. The molecule has 0 aromatic heterocycles. The van der Waals surface area contributed by atoms with Gasteiger partial charge in [0.15, 0.2) is 5.66 Å². The summed E-state index contributed by atoms with van der Waals surface area (Å²) in [5.41, 5.74) is 7.55. The van der Waals surface area contributed by atoms with Crippen LogP contribution in [0.1, 0.15) is 51.0 Å². The Morgan fingerprint density at radius 1 is 1.05 bits per heavy atom. The van der Waals surface area contributed by atoms with Crippen molar-refractivity contribution >= 4 is 11.5 Å². The lowest BCUT2D eigenvalue weighted by Crippen LogP contribution is -2.30. The zero-order chi connectivity index (χ0) is 15.6. The van der Waals surface area contributed by atoms with Gasteiger partial charge in [0.2, 0.25) is 0 Å². The first-order valence-electron chi connectivity index (χ1n) is 8.22. The number of methoxy groups -OCH3 is 1. The number of amidine groups is 1. The summed E-state index contributed by atoms with van der Waals surface area (Å²) in [5, 5.41) is 0. The molecule has 0 unspecified atom stereocenters. The summed E-state index contributed by atoms with van der Waals surface area (Å²) in [5.74, 6) is 1.87. The summed E-state index contributed by atoms with van der Waals surface area (Å²) >= 11 is 0. The Labute approximate surface area is 132 Å². The van der Waals surface area contributed by atoms with Gasteiger partial charge in [-0.1, -0.05) is 37.8 Å². The Morgan fingerprint density at radius 3 is 2.18 bits per heavy atom. The van der Waals surface area contributed by atoms with Gasteiger partial charge >= 0.3 is 0 Å². The van der Waals surface area contributed by atoms with E-state index in [2.05, 4.69) is 12.1 Å². The number of aliphatic imine (C=N–C) groups is 2. The molecule has 4 nitrogen and oxygen atoms in total. The Balaban J connectivity index is 2.03. The van der Waals surface area contributed by atoms with Crippen LogP contribution in [0.15, 0.2) is 34.3 Å². The van der Waals surface area contributed by atoms with Gasteiger partial charge in [0, 0.05) is 11.5 Å². The molecule has 0 radical (unpaired) electrons. The van der Waals surface area contributed by atoms with Gasteiger partial charge in [-0.3, -0.25) is 4.99 Å². The van der Waals surface area contributed by atoms with E-state index in [1.807, 2.05) is 19.1 Å². The first-order chi connectivity index (χ1) is 10.7. The third kappa shape index (κ3) is 2.62. The second-order valence-electron chi connectivity index (χ2n) is 6.34. The number of nitrogens with zero attached hydrogens (tertiary/aromatic N) is 2. The molecule has 1 heterocycles. The molecule has 3 rings (SSSR count). The van der Waals surface area contributed by atoms with Crippen molar-refractivity contribution in [1.82, 2.24) is 0 Å². The van der Waals surface area contributed by atoms with Crippen molar-refractivity contribution in [2.24, 2.45) is 21.6 Å². The molecule has 0 saturated heterocycles. The number of rotatable bonds is 3. The maximum absolute atomic E-state index is 6.09. The minimum atomic E-state index is -0.523. The molecular formula is C18H25N3O. The molecule has 1 saturated carbocycles. The second-order valence-corrected chi connectivity index (χ2v) is 6.34. The average Bonchev–Trinajstić information content (AvgIpc) is 2.75. The summed E-state index contributed by atoms with van der Waals surface area (Å²) < 4.78 is 5.28. The van der Waals surface area contributed by atoms with Gasteiger partial charge in [0.1, 0.15) is 11.6 Å². The summed E-state index contributed by atoms with van der Waals surface area (Å²) in [6.45, 7) is 1.96. The largest absolute Gasteiger partial charge is 0.497 e. The maximum atomic E-state index is 6.09. The fourth-order valence-corrected chi connectivity index (χ4v) is 3.67. The quantitative estimate of drug-likeness (QED) is 0.866. The fourth-order valence-electron chi connectivity index (χ4n) is 3.67. The zero-order valence-electron chi connectivity index (χ0n) is 13.5. The molecular weight excluding hydrogens is 274 g/mol. The Morgan fingerprint density at radius 2 is 1.68 bits per heavy atom. The van der Waals surface area contributed by atoms with Crippen LogP contribution in [0.5, 0.6) is 5.75 Å². The lowest BCUT2D eigenvalue weighted by atomic mass is 9.82. The first-order valence-corrected chi connectivity index (χ1v) is 8.22. The van der Waals surface area contributed by atoms with E-state index in [4.69, 9.17) is 20.5 Å². The first kappa shape index (κ1) is 15.1. The minimum Gasteiger partial charge on any atom is -0.497 e. The van der Waals surface area contributed by atoms with E-state index in [9.17, 15) is 0 Å². The number of nitrogens with two attached hydrogens (primary N) is 1. The standard InChI is InChI=1S/C18H25N3O/c1-13-17(19)21-18(20-13,14-7-5-3-4-6-8-14)15-9-11-16(22-2)12-10-15/h9-12,14H,3-8H2,1-2H3,(H2,19,21)/t18-/m0/s1. The van der Waals surface area contributed by atoms with Crippen molar-refractivity contribution in [1.29, 1.82) is 0 Å². The SMILES string of the molecule is COc1ccc([C@@]2(C3CCCCCC3)N=C(C)C(N)=N2)cc1. The van der Waals surface area contributed by atoms with Crippen molar-refractivity contribution in [3.05, 3.63) is 29.8 Å². The van der Waals surface area contributed by atoms with Crippen molar-refractivity contribution in [3.8, 4) is 5.75 Å². The normalized spacial score (nSPS) is 26.3. The molecule has 2 aliphatic rings. The van der Waals surface area contributed by atoms with Crippen LogP contribution in [0.25, 0.3) is 0 Å². The van der Waals surface area contributed by atoms with Crippen molar-refractivity contribution in [2.45, 2.75) is 51.1 Å². The van der Waals surface area contributed by atoms with E-state index in [0.29, 0.717) is 11.8 Å². The number of benzene rings is 1. The Bertz CT molecular complexity index is 563. The van der Waals surface area contributed by atoms with E-state index in [1.165, 1.54) is 38.5 Å². The minimum absolute atomic E-state index is 0.430. The van der Waals surface area contributed by atoms with Gasteiger partial charge in [-0.15, -0.1) is 0 Å². The molecule has 0 spiro atoms. The van der Waals surface area contributed by atoms with Crippen molar-refractivity contribution < 1.29 is 4.74 Å².